The highest BCUT2D eigenvalue weighted by Gasteiger charge is 1.92. The highest BCUT2D eigenvalue weighted by atomic mass is 79.9. The van der Waals surface area contributed by atoms with Gasteiger partial charge in [-0.05, 0) is 6.07 Å². The number of alkyl halides is 1. The fourth-order valence-corrected chi connectivity index (χ4v) is 0.915. The zero-order chi connectivity index (χ0) is 7.56. The molecule has 1 heterocycles. The SMILES string of the molecule is Nc1ccn(CBr)c(=O)n1. The predicted molar refractivity (Wildman–Crippen MR) is 41.8 cm³/mol. The van der Waals surface area contributed by atoms with Crippen LogP contribution in [-0.4, -0.2) is 9.55 Å². The summed E-state index contributed by atoms with van der Waals surface area (Å²) in [6, 6.07) is 1.57. The lowest BCUT2D eigenvalue weighted by Gasteiger charge is -1.96. The van der Waals surface area contributed by atoms with Crippen LogP contribution in [-0.2, 0) is 5.45 Å². The van der Waals surface area contributed by atoms with E-state index in [4.69, 9.17) is 5.73 Å². The first kappa shape index (κ1) is 7.27. The number of nitrogens with two attached hydrogens (primary N) is 1. The van der Waals surface area contributed by atoms with E-state index in [0.29, 0.717) is 5.45 Å². The first-order chi connectivity index (χ1) is 4.74. The van der Waals surface area contributed by atoms with Crippen molar-refractivity contribution in [1.29, 1.82) is 0 Å². The molecule has 1 rings (SSSR count). The largest absolute Gasteiger partial charge is 0.383 e. The molecule has 0 atom stereocenters. The van der Waals surface area contributed by atoms with Gasteiger partial charge in [0.15, 0.2) is 0 Å². The Balaban J connectivity index is 3.20. The highest BCUT2D eigenvalue weighted by molar-refractivity contribution is 9.08. The molecule has 1 aromatic heterocycles. The Hall–Kier alpha value is -0.840. The van der Waals surface area contributed by atoms with Gasteiger partial charge in [-0.25, -0.2) is 4.79 Å². The van der Waals surface area contributed by atoms with E-state index in [0.717, 1.165) is 0 Å². The Bertz CT molecular complexity index is 282. The second-order valence-corrected chi connectivity index (χ2v) is 2.23. The molecule has 0 fully saturated rings. The second-order valence-electron chi connectivity index (χ2n) is 1.72. The monoisotopic (exact) mass is 203 g/mol. The van der Waals surface area contributed by atoms with Gasteiger partial charge in [-0.1, -0.05) is 15.9 Å². The summed E-state index contributed by atoms with van der Waals surface area (Å²) in [5.41, 5.74) is 5.35. The summed E-state index contributed by atoms with van der Waals surface area (Å²) in [5, 5.41) is 0. The van der Waals surface area contributed by atoms with Crippen LogP contribution in [0.2, 0.25) is 0 Å². The zero-order valence-corrected chi connectivity index (χ0v) is 6.71. The molecule has 2 N–H and O–H groups in total. The van der Waals surface area contributed by atoms with Gasteiger partial charge in [0.1, 0.15) is 5.82 Å². The molecule has 0 saturated heterocycles. The average molecular weight is 204 g/mol. The maximum Gasteiger partial charge on any atom is 0.350 e. The molecule has 10 heavy (non-hydrogen) atoms. The first-order valence-electron chi connectivity index (χ1n) is 2.63. The summed E-state index contributed by atoms with van der Waals surface area (Å²) in [6.07, 6.45) is 1.58. The summed E-state index contributed by atoms with van der Waals surface area (Å²) in [6.45, 7) is 0. The average Bonchev–Trinajstić information content (AvgIpc) is 1.88. The predicted octanol–water partition coefficient (Wildman–Crippen LogP) is 0.178. The topological polar surface area (TPSA) is 60.9 Å². The molecule has 0 spiro atoms. The van der Waals surface area contributed by atoms with Crippen LogP contribution in [0.5, 0.6) is 0 Å². The summed E-state index contributed by atoms with van der Waals surface area (Å²) in [7, 11) is 0. The third kappa shape index (κ3) is 1.36. The van der Waals surface area contributed by atoms with E-state index in [1.165, 1.54) is 4.57 Å². The van der Waals surface area contributed by atoms with Crippen LogP contribution >= 0.6 is 15.9 Å². The molecule has 0 aliphatic heterocycles. The lowest BCUT2D eigenvalue weighted by molar-refractivity contribution is 0.805. The molecule has 0 unspecified atom stereocenters. The van der Waals surface area contributed by atoms with Gasteiger partial charge in [0.2, 0.25) is 0 Å². The number of hydrogen-bond acceptors (Lipinski definition) is 3. The van der Waals surface area contributed by atoms with Crippen LogP contribution in [0.25, 0.3) is 0 Å². The van der Waals surface area contributed by atoms with Crippen molar-refractivity contribution < 1.29 is 0 Å². The van der Waals surface area contributed by atoms with Gasteiger partial charge in [-0.3, -0.25) is 4.57 Å². The van der Waals surface area contributed by atoms with Gasteiger partial charge >= 0.3 is 5.69 Å². The second kappa shape index (κ2) is 2.83. The van der Waals surface area contributed by atoms with E-state index in [9.17, 15) is 4.79 Å². The molecule has 0 saturated carbocycles. The number of rotatable bonds is 1. The molecule has 1 aromatic rings. The van der Waals surface area contributed by atoms with Gasteiger partial charge in [-0.2, -0.15) is 4.98 Å². The Kier molecular flexibility index (Phi) is 2.06. The molecular formula is C5H6BrN3O. The Morgan fingerprint density at radius 1 is 1.80 bits per heavy atom. The molecule has 0 radical (unpaired) electrons. The first-order valence-corrected chi connectivity index (χ1v) is 3.75. The minimum absolute atomic E-state index is 0.252. The third-order valence-electron chi connectivity index (χ3n) is 1.02. The van der Waals surface area contributed by atoms with Gasteiger partial charge in [-0.15, -0.1) is 0 Å². The molecule has 0 aliphatic carbocycles. The van der Waals surface area contributed by atoms with Crippen LogP contribution in [0.1, 0.15) is 0 Å². The van der Waals surface area contributed by atoms with Crippen LogP contribution in [0.4, 0.5) is 5.82 Å². The van der Waals surface area contributed by atoms with Crippen LogP contribution in [0, 0.1) is 0 Å². The normalized spacial score (nSPS) is 9.70. The smallest absolute Gasteiger partial charge is 0.350 e. The number of nitrogen functional groups attached to an aromatic ring is 1. The highest BCUT2D eigenvalue weighted by Crippen LogP contribution is 1.91. The van der Waals surface area contributed by atoms with Crippen molar-refractivity contribution in [2.24, 2.45) is 0 Å². The summed E-state index contributed by atoms with van der Waals surface area (Å²) < 4.78 is 1.40. The van der Waals surface area contributed by atoms with Gasteiger partial charge < -0.3 is 5.73 Å². The van der Waals surface area contributed by atoms with Crippen molar-refractivity contribution in [2.75, 3.05) is 5.73 Å². The molecule has 0 aliphatic rings. The fraction of sp³-hybridized carbons (Fsp3) is 0.200. The molecule has 4 nitrogen and oxygen atoms in total. The lowest BCUT2D eigenvalue weighted by Crippen LogP contribution is -2.21. The van der Waals surface area contributed by atoms with Crippen molar-refractivity contribution in [3.63, 3.8) is 0 Å². The van der Waals surface area contributed by atoms with Crippen LogP contribution in [0.15, 0.2) is 17.1 Å². The Morgan fingerprint density at radius 2 is 2.50 bits per heavy atom. The standard InChI is InChI=1S/C5H6BrN3O/c6-3-9-2-1-4(7)8-5(9)10/h1-2H,3H2,(H2,7,8,10). The van der Waals surface area contributed by atoms with E-state index in [-0.39, 0.29) is 11.5 Å². The van der Waals surface area contributed by atoms with Crippen molar-refractivity contribution in [3.05, 3.63) is 22.7 Å². The van der Waals surface area contributed by atoms with E-state index in [1.54, 1.807) is 12.3 Å². The van der Waals surface area contributed by atoms with Gasteiger partial charge in [0.25, 0.3) is 0 Å². The molecular weight excluding hydrogens is 198 g/mol. The number of hydrogen-bond donors (Lipinski definition) is 1. The maximum atomic E-state index is 10.8. The number of nitrogens with zero attached hydrogens (tertiary/aromatic N) is 2. The lowest BCUT2D eigenvalue weighted by atomic mass is 10.6. The molecule has 54 valence electrons. The quantitative estimate of drug-likeness (QED) is 0.663. The van der Waals surface area contributed by atoms with Gasteiger partial charge in [0, 0.05) is 6.20 Å². The Labute approximate surface area is 65.8 Å². The third-order valence-corrected chi connectivity index (χ3v) is 1.56. The van der Waals surface area contributed by atoms with Crippen molar-refractivity contribution in [1.82, 2.24) is 9.55 Å². The number of anilines is 1. The van der Waals surface area contributed by atoms with E-state index in [1.807, 2.05) is 0 Å². The minimum Gasteiger partial charge on any atom is -0.383 e. The molecule has 5 heteroatoms. The van der Waals surface area contributed by atoms with Crippen molar-refractivity contribution in [3.8, 4) is 0 Å². The molecule has 0 bridgehead atoms. The summed E-state index contributed by atoms with van der Waals surface area (Å²) in [4.78, 5) is 14.3. The van der Waals surface area contributed by atoms with Crippen molar-refractivity contribution in [2.45, 2.75) is 5.45 Å². The van der Waals surface area contributed by atoms with Gasteiger partial charge in [0.05, 0.1) is 5.45 Å². The molecule has 0 amide bonds. The Morgan fingerprint density at radius 3 is 3.00 bits per heavy atom. The summed E-state index contributed by atoms with van der Waals surface area (Å²) >= 11 is 3.11. The van der Waals surface area contributed by atoms with E-state index < -0.39 is 0 Å². The minimum atomic E-state index is -0.336. The van der Waals surface area contributed by atoms with Crippen LogP contribution < -0.4 is 11.4 Å². The fourth-order valence-electron chi connectivity index (χ4n) is 0.533. The zero-order valence-electron chi connectivity index (χ0n) is 5.12. The number of aromatic nitrogens is 2. The van der Waals surface area contributed by atoms with E-state index >= 15 is 0 Å². The van der Waals surface area contributed by atoms with Crippen molar-refractivity contribution >= 4 is 21.7 Å². The summed E-state index contributed by atoms with van der Waals surface area (Å²) in [5.74, 6) is 0.252. The maximum absolute atomic E-state index is 10.8. The molecule has 0 aromatic carbocycles. The van der Waals surface area contributed by atoms with E-state index in [2.05, 4.69) is 20.9 Å². The number of halogens is 1. The van der Waals surface area contributed by atoms with Crippen LogP contribution in [0.3, 0.4) is 0 Å².